The van der Waals surface area contributed by atoms with Crippen molar-refractivity contribution in [2.45, 2.75) is 51.4 Å². The fourth-order valence-electron chi connectivity index (χ4n) is 5.55. The molecule has 0 radical (unpaired) electrons. The number of likely N-dealkylation sites (tertiary alicyclic amines) is 1. The van der Waals surface area contributed by atoms with Gasteiger partial charge in [-0.1, -0.05) is 48.0 Å². The normalized spacial score (nSPS) is 20.6. The van der Waals surface area contributed by atoms with E-state index in [0.29, 0.717) is 44.7 Å². The average Bonchev–Trinajstić information content (AvgIpc) is 2.85. The minimum Gasteiger partial charge on any atom is -0.343 e. The summed E-state index contributed by atoms with van der Waals surface area (Å²) in [7, 11) is 0. The Morgan fingerprint density at radius 1 is 1.03 bits per heavy atom. The molecule has 0 spiro atoms. The number of carbonyl (C=O) groups excluding carboxylic acids is 2. The third kappa shape index (κ3) is 6.47. The number of piperazine rings is 1. The molecule has 9 heteroatoms. The molecule has 2 saturated heterocycles. The van der Waals surface area contributed by atoms with Gasteiger partial charge in [0.25, 0.3) is 0 Å². The topological polar surface area (TPSA) is 43.9 Å². The van der Waals surface area contributed by atoms with Crippen molar-refractivity contribution >= 4 is 23.4 Å². The summed E-state index contributed by atoms with van der Waals surface area (Å²) in [5, 5.41) is 0.0757. The molecule has 200 valence electrons. The van der Waals surface area contributed by atoms with Gasteiger partial charge in [0.05, 0.1) is 11.6 Å². The van der Waals surface area contributed by atoms with Gasteiger partial charge >= 0.3 is 6.18 Å². The van der Waals surface area contributed by atoms with Crippen molar-refractivity contribution < 1.29 is 22.8 Å². The van der Waals surface area contributed by atoms with Gasteiger partial charge in [-0.25, -0.2) is 0 Å². The second-order valence-electron chi connectivity index (χ2n) is 10.1. The van der Waals surface area contributed by atoms with Gasteiger partial charge in [0.15, 0.2) is 0 Å². The highest BCUT2D eigenvalue weighted by Crippen LogP contribution is 2.38. The summed E-state index contributed by atoms with van der Waals surface area (Å²) >= 11 is 6.44. The van der Waals surface area contributed by atoms with E-state index in [2.05, 4.69) is 4.90 Å². The van der Waals surface area contributed by atoms with Crippen LogP contribution in [0.2, 0.25) is 5.02 Å². The van der Waals surface area contributed by atoms with Crippen LogP contribution < -0.4 is 0 Å². The van der Waals surface area contributed by atoms with Crippen molar-refractivity contribution in [3.8, 4) is 0 Å². The first-order chi connectivity index (χ1) is 17.5. The second kappa shape index (κ2) is 11.4. The van der Waals surface area contributed by atoms with Gasteiger partial charge in [-0.15, -0.1) is 0 Å². The lowest BCUT2D eigenvalue weighted by molar-refractivity contribution is -0.138. The van der Waals surface area contributed by atoms with E-state index in [1.54, 1.807) is 6.92 Å². The summed E-state index contributed by atoms with van der Waals surface area (Å²) in [6.07, 6.45) is -2.32. The van der Waals surface area contributed by atoms with E-state index >= 15 is 0 Å². The Bertz CT molecular complexity index is 1100. The number of halogens is 4. The van der Waals surface area contributed by atoms with Crippen molar-refractivity contribution in [1.82, 2.24) is 14.7 Å². The number of piperidine rings is 1. The minimum absolute atomic E-state index is 0.0574. The van der Waals surface area contributed by atoms with Gasteiger partial charge in [-0.3, -0.25) is 14.5 Å². The summed E-state index contributed by atoms with van der Waals surface area (Å²) < 4.78 is 39.7. The predicted molar refractivity (Wildman–Crippen MR) is 137 cm³/mol. The molecular formula is C28H33ClF3N3O2. The summed E-state index contributed by atoms with van der Waals surface area (Å²) in [5.74, 6) is 0.476. The molecule has 2 aromatic rings. The van der Waals surface area contributed by atoms with E-state index in [9.17, 15) is 22.8 Å². The molecule has 5 nitrogen and oxygen atoms in total. The Balaban J connectivity index is 1.48. The third-order valence-electron chi connectivity index (χ3n) is 7.61. The zero-order valence-electron chi connectivity index (χ0n) is 21.2. The maximum absolute atomic E-state index is 13.2. The van der Waals surface area contributed by atoms with Crippen LogP contribution in [0.3, 0.4) is 0 Å². The van der Waals surface area contributed by atoms with E-state index in [1.165, 1.54) is 6.07 Å². The van der Waals surface area contributed by atoms with Crippen molar-refractivity contribution in [3.63, 3.8) is 0 Å². The van der Waals surface area contributed by atoms with Crippen LogP contribution in [0.15, 0.2) is 48.5 Å². The molecule has 2 aliphatic rings. The van der Waals surface area contributed by atoms with Crippen LogP contribution in [0, 0.1) is 5.92 Å². The maximum Gasteiger partial charge on any atom is 0.416 e. The smallest absolute Gasteiger partial charge is 0.343 e. The lowest BCUT2D eigenvalue weighted by atomic mass is 9.92. The van der Waals surface area contributed by atoms with E-state index in [4.69, 9.17) is 11.6 Å². The van der Waals surface area contributed by atoms with Gasteiger partial charge in [0.2, 0.25) is 11.8 Å². The molecule has 2 aliphatic heterocycles. The van der Waals surface area contributed by atoms with Crippen LogP contribution in [-0.2, 0) is 15.8 Å². The molecule has 0 aliphatic carbocycles. The third-order valence-corrected chi connectivity index (χ3v) is 7.93. The quantitative estimate of drug-likeness (QED) is 0.498. The zero-order chi connectivity index (χ0) is 26.7. The van der Waals surface area contributed by atoms with Gasteiger partial charge in [0.1, 0.15) is 0 Å². The lowest BCUT2D eigenvalue weighted by Gasteiger charge is -2.44. The highest BCUT2D eigenvalue weighted by Gasteiger charge is 2.36. The Labute approximate surface area is 221 Å². The van der Waals surface area contributed by atoms with Crippen LogP contribution in [0.5, 0.6) is 0 Å². The van der Waals surface area contributed by atoms with Crippen molar-refractivity contribution in [2.75, 3.05) is 32.7 Å². The minimum atomic E-state index is -4.46. The zero-order valence-corrected chi connectivity index (χ0v) is 21.9. The molecule has 2 atom stereocenters. The van der Waals surface area contributed by atoms with E-state index < -0.39 is 11.7 Å². The van der Waals surface area contributed by atoms with Crippen LogP contribution in [0.4, 0.5) is 13.2 Å². The highest BCUT2D eigenvalue weighted by atomic mass is 35.5. The Morgan fingerprint density at radius 2 is 1.70 bits per heavy atom. The Kier molecular flexibility index (Phi) is 8.49. The molecule has 37 heavy (non-hydrogen) atoms. The number of nitrogens with zero attached hydrogens (tertiary/aromatic N) is 3. The number of carbonyl (C=O) groups is 2. The molecule has 0 saturated carbocycles. The number of amides is 2. The van der Waals surface area contributed by atoms with Crippen molar-refractivity contribution in [2.24, 2.45) is 5.92 Å². The van der Waals surface area contributed by atoms with Gasteiger partial charge in [-0.05, 0) is 48.9 Å². The fraction of sp³-hybridized carbons (Fsp3) is 0.500. The van der Waals surface area contributed by atoms with Crippen LogP contribution in [0.1, 0.15) is 55.8 Å². The lowest BCUT2D eigenvalue weighted by Crippen LogP contribution is -2.55. The van der Waals surface area contributed by atoms with Crippen molar-refractivity contribution in [1.29, 1.82) is 0 Å². The van der Waals surface area contributed by atoms with Gasteiger partial charge in [0, 0.05) is 57.1 Å². The van der Waals surface area contributed by atoms with Crippen LogP contribution in [-0.4, -0.2) is 65.3 Å². The highest BCUT2D eigenvalue weighted by molar-refractivity contribution is 6.31. The molecule has 2 heterocycles. The molecule has 0 N–H and O–H groups in total. The van der Waals surface area contributed by atoms with Crippen LogP contribution in [0.25, 0.3) is 0 Å². The second-order valence-corrected chi connectivity index (χ2v) is 10.5. The molecule has 2 amide bonds. The van der Waals surface area contributed by atoms with Crippen LogP contribution >= 0.6 is 11.6 Å². The molecule has 2 unspecified atom stereocenters. The number of benzene rings is 2. The summed E-state index contributed by atoms with van der Waals surface area (Å²) in [4.78, 5) is 30.7. The number of rotatable bonds is 5. The first-order valence-corrected chi connectivity index (χ1v) is 13.1. The molecule has 2 aromatic carbocycles. The first kappa shape index (κ1) is 27.5. The summed E-state index contributed by atoms with van der Waals surface area (Å²) in [5.41, 5.74) is 0.782. The van der Waals surface area contributed by atoms with E-state index in [-0.39, 0.29) is 34.8 Å². The summed E-state index contributed by atoms with van der Waals surface area (Å²) in [6, 6.07) is 12.8. The van der Waals surface area contributed by atoms with E-state index in [0.717, 1.165) is 30.5 Å². The Morgan fingerprint density at radius 3 is 2.27 bits per heavy atom. The number of alkyl halides is 3. The molecular weight excluding hydrogens is 503 g/mol. The van der Waals surface area contributed by atoms with Gasteiger partial charge in [-0.2, -0.15) is 13.2 Å². The number of hydrogen-bond acceptors (Lipinski definition) is 3. The molecule has 0 bridgehead atoms. The maximum atomic E-state index is 13.2. The SMILES string of the molecule is CC(=O)N1CCC(CC(=O)N2CCN(C(c3ccccc3)c3ccc(C(F)(F)F)cc3Cl)CC2C)CC1. The van der Waals surface area contributed by atoms with Crippen molar-refractivity contribution in [3.05, 3.63) is 70.2 Å². The summed E-state index contributed by atoms with van der Waals surface area (Å²) in [6.45, 7) is 6.67. The Hall–Kier alpha value is -2.58. The standard InChI is InChI=1S/C28H33ClF3N3O2/c1-19-18-34(14-15-35(19)26(37)16-21-10-12-33(13-11-21)20(2)36)27(22-6-4-3-5-7-22)24-9-8-23(17-25(24)29)28(30,31)32/h3-9,17,19,21,27H,10-16,18H2,1-2H3. The molecule has 0 aromatic heterocycles. The monoisotopic (exact) mass is 535 g/mol. The molecule has 2 fully saturated rings. The average molecular weight is 536 g/mol. The van der Waals surface area contributed by atoms with E-state index in [1.807, 2.05) is 47.1 Å². The largest absolute Gasteiger partial charge is 0.416 e. The predicted octanol–water partition coefficient (Wildman–Crippen LogP) is 5.63. The molecule has 4 rings (SSSR count). The fourth-order valence-corrected chi connectivity index (χ4v) is 5.84. The first-order valence-electron chi connectivity index (χ1n) is 12.7. The van der Waals surface area contributed by atoms with Gasteiger partial charge < -0.3 is 9.80 Å². The number of hydrogen-bond donors (Lipinski definition) is 0.